The van der Waals surface area contributed by atoms with Crippen LogP contribution in [-0.4, -0.2) is 19.2 Å². The summed E-state index contributed by atoms with van der Waals surface area (Å²) in [6.07, 6.45) is 0. The van der Waals surface area contributed by atoms with Gasteiger partial charge in [0, 0.05) is 5.69 Å². The summed E-state index contributed by atoms with van der Waals surface area (Å²) in [5.74, 6) is -0.553. The lowest BCUT2D eigenvalue weighted by Crippen LogP contribution is -2.03. The first kappa shape index (κ1) is 10.9. The van der Waals surface area contributed by atoms with Crippen LogP contribution in [0.25, 0.3) is 10.2 Å². The molecule has 0 aliphatic heterocycles. The van der Waals surface area contributed by atoms with Gasteiger partial charge in [0.1, 0.15) is 5.75 Å². The molecular weight excluding hydrogens is 246 g/mol. The molecule has 0 bridgehead atoms. The molecule has 0 saturated heterocycles. The van der Waals surface area contributed by atoms with Gasteiger partial charge in [-0.05, 0) is 18.2 Å². The first-order valence-electron chi connectivity index (χ1n) is 4.29. The molecule has 0 spiro atoms. The first-order valence-corrected chi connectivity index (χ1v) is 6.75. The number of benzene rings is 1. The van der Waals surface area contributed by atoms with E-state index in [0.717, 1.165) is 11.3 Å². The molecule has 16 heavy (non-hydrogen) atoms. The van der Waals surface area contributed by atoms with Crippen molar-refractivity contribution >= 4 is 37.1 Å². The predicted octanol–water partition coefficient (Wildman–Crippen LogP) is 1.18. The van der Waals surface area contributed by atoms with Gasteiger partial charge in [0.25, 0.3) is 0 Å². The zero-order valence-corrected chi connectivity index (χ0v) is 9.68. The number of nitriles is 1. The van der Waals surface area contributed by atoms with Gasteiger partial charge in [-0.2, -0.15) is 5.26 Å². The molecule has 2 N–H and O–H groups in total. The maximum atomic E-state index is 11.6. The third kappa shape index (κ3) is 1.85. The number of nitrogen functional groups attached to an aromatic ring is 1. The van der Waals surface area contributed by atoms with Crippen LogP contribution in [0.3, 0.4) is 0 Å². The van der Waals surface area contributed by atoms with Crippen LogP contribution in [0, 0.1) is 11.3 Å². The van der Waals surface area contributed by atoms with Gasteiger partial charge in [0.05, 0.1) is 16.3 Å². The second kappa shape index (κ2) is 3.73. The van der Waals surface area contributed by atoms with Gasteiger partial charge in [-0.1, -0.05) is 0 Å². The number of fused-ring (bicyclic) bond motifs is 1. The van der Waals surface area contributed by atoms with Gasteiger partial charge >= 0.3 is 0 Å². The Hall–Kier alpha value is -1.65. The molecule has 0 radical (unpaired) electrons. The smallest absolute Gasteiger partial charge is 0.218 e. The van der Waals surface area contributed by atoms with Crippen molar-refractivity contribution < 1.29 is 8.42 Å². The molecule has 0 aliphatic carbocycles. The van der Waals surface area contributed by atoms with Crippen LogP contribution < -0.4 is 5.73 Å². The average molecular weight is 253 g/mol. The van der Waals surface area contributed by atoms with Crippen LogP contribution in [0.15, 0.2) is 22.5 Å². The van der Waals surface area contributed by atoms with E-state index in [9.17, 15) is 8.42 Å². The van der Waals surface area contributed by atoms with E-state index < -0.39 is 15.6 Å². The Morgan fingerprint density at radius 2 is 2.25 bits per heavy atom. The van der Waals surface area contributed by atoms with Gasteiger partial charge in [-0.3, -0.25) is 0 Å². The number of nitrogens with two attached hydrogens (primary N) is 1. The molecule has 1 aromatic carbocycles. The quantitative estimate of drug-likeness (QED) is 0.810. The third-order valence-corrected chi connectivity index (χ3v) is 4.87. The van der Waals surface area contributed by atoms with Crippen LogP contribution in [0.5, 0.6) is 0 Å². The number of rotatable bonds is 2. The minimum Gasteiger partial charge on any atom is -0.399 e. The van der Waals surface area contributed by atoms with E-state index in [4.69, 9.17) is 11.0 Å². The summed E-state index contributed by atoms with van der Waals surface area (Å²) in [5.41, 5.74) is 6.71. The zero-order valence-electron chi connectivity index (χ0n) is 8.04. The van der Waals surface area contributed by atoms with Gasteiger partial charge in [-0.15, -0.1) is 11.3 Å². The molecule has 1 aromatic heterocycles. The number of hydrogen-bond donors (Lipinski definition) is 1. The maximum absolute atomic E-state index is 11.6. The summed E-state index contributed by atoms with van der Waals surface area (Å²) in [5, 5.41) is 8.41. The van der Waals surface area contributed by atoms with Crippen molar-refractivity contribution in [2.24, 2.45) is 0 Å². The van der Waals surface area contributed by atoms with E-state index in [0.29, 0.717) is 15.9 Å². The van der Waals surface area contributed by atoms with Crippen molar-refractivity contribution in [3.63, 3.8) is 0 Å². The highest BCUT2D eigenvalue weighted by Crippen LogP contribution is 2.27. The fourth-order valence-corrected chi connectivity index (χ4v) is 3.43. The van der Waals surface area contributed by atoms with Crippen LogP contribution in [0.1, 0.15) is 0 Å². The van der Waals surface area contributed by atoms with E-state index in [1.807, 2.05) is 0 Å². The molecule has 7 heteroatoms. The summed E-state index contributed by atoms with van der Waals surface area (Å²) in [6, 6.07) is 6.60. The van der Waals surface area contributed by atoms with E-state index in [-0.39, 0.29) is 4.34 Å². The van der Waals surface area contributed by atoms with Crippen LogP contribution >= 0.6 is 11.3 Å². The molecule has 0 amide bonds. The number of hydrogen-bond acceptors (Lipinski definition) is 6. The first-order chi connectivity index (χ1) is 7.53. The number of anilines is 1. The van der Waals surface area contributed by atoms with Gasteiger partial charge in [0.15, 0.2) is 0 Å². The lowest BCUT2D eigenvalue weighted by atomic mass is 10.3. The molecule has 0 fully saturated rings. The zero-order chi connectivity index (χ0) is 11.8. The van der Waals surface area contributed by atoms with Crippen molar-refractivity contribution in [1.82, 2.24) is 4.98 Å². The van der Waals surface area contributed by atoms with E-state index in [2.05, 4.69) is 4.98 Å². The van der Waals surface area contributed by atoms with Gasteiger partial charge in [-0.25, -0.2) is 13.4 Å². The van der Waals surface area contributed by atoms with Crippen LogP contribution in [0.2, 0.25) is 0 Å². The summed E-state index contributed by atoms with van der Waals surface area (Å²) in [4.78, 5) is 3.97. The molecule has 0 unspecified atom stereocenters. The number of sulfone groups is 1. The van der Waals surface area contributed by atoms with Crippen molar-refractivity contribution in [2.75, 3.05) is 11.5 Å². The van der Waals surface area contributed by atoms with E-state index in [1.165, 1.54) is 0 Å². The molecule has 2 rings (SSSR count). The van der Waals surface area contributed by atoms with Gasteiger partial charge < -0.3 is 5.73 Å². The summed E-state index contributed by atoms with van der Waals surface area (Å²) in [7, 11) is -3.58. The van der Waals surface area contributed by atoms with Gasteiger partial charge in [0.2, 0.25) is 14.2 Å². The number of thiazole rings is 1. The SMILES string of the molecule is N#CCS(=O)(=O)c1nc2ccc(N)cc2s1. The Labute approximate surface area is 96.1 Å². The standard InChI is InChI=1S/C9H7N3O2S2/c10-3-4-16(13,14)9-12-7-2-1-6(11)5-8(7)15-9/h1-2,5H,4,11H2. The Kier molecular flexibility index (Phi) is 2.53. The second-order valence-electron chi connectivity index (χ2n) is 3.12. The van der Waals surface area contributed by atoms with Crippen LogP contribution in [0.4, 0.5) is 5.69 Å². The van der Waals surface area contributed by atoms with E-state index >= 15 is 0 Å². The van der Waals surface area contributed by atoms with Crippen LogP contribution in [-0.2, 0) is 9.84 Å². The Morgan fingerprint density at radius 1 is 1.50 bits per heavy atom. The highest BCUT2D eigenvalue weighted by atomic mass is 32.2. The number of aromatic nitrogens is 1. The fourth-order valence-electron chi connectivity index (χ4n) is 1.20. The highest BCUT2D eigenvalue weighted by molar-refractivity contribution is 7.93. The molecule has 0 atom stereocenters. The molecule has 5 nitrogen and oxygen atoms in total. The monoisotopic (exact) mass is 253 g/mol. The Balaban J connectivity index is 2.61. The molecule has 0 aliphatic rings. The fraction of sp³-hybridized carbons (Fsp3) is 0.111. The normalized spacial score (nSPS) is 11.4. The number of nitrogens with zero attached hydrogens (tertiary/aromatic N) is 2. The molecular formula is C9H7N3O2S2. The molecule has 0 saturated carbocycles. The maximum Gasteiger partial charge on any atom is 0.218 e. The van der Waals surface area contributed by atoms with Crippen molar-refractivity contribution in [1.29, 1.82) is 5.26 Å². The van der Waals surface area contributed by atoms with Crippen molar-refractivity contribution in [3.05, 3.63) is 18.2 Å². The summed E-state index contributed by atoms with van der Waals surface area (Å²) >= 11 is 1.03. The molecule has 82 valence electrons. The minimum atomic E-state index is -3.58. The predicted molar refractivity (Wildman–Crippen MR) is 61.7 cm³/mol. The second-order valence-corrected chi connectivity index (χ2v) is 6.32. The third-order valence-electron chi connectivity index (χ3n) is 1.91. The largest absolute Gasteiger partial charge is 0.399 e. The van der Waals surface area contributed by atoms with Crippen molar-refractivity contribution in [2.45, 2.75) is 4.34 Å². The lowest BCUT2D eigenvalue weighted by molar-refractivity contribution is 0.599. The Bertz CT molecular complexity index is 682. The Morgan fingerprint density at radius 3 is 2.94 bits per heavy atom. The van der Waals surface area contributed by atoms with Crippen molar-refractivity contribution in [3.8, 4) is 6.07 Å². The molecule has 1 heterocycles. The topological polar surface area (TPSA) is 96.8 Å². The van der Waals surface area contributed by atoms with E-state index in [1.54, 1.807) is 24.3 Å². The lowest BCUT2D eigenvalue weighted by Gasteiger charge is -1.90. The minimum absolute atomic E-state index is 0.0327. The summed E-state index contributed by atoms with van der Waals surface area (Å²) in [6.45, 7) is 0. The highest BCUT2D eigenvalue weighted by Gasteiger charge is 2.19. The summed E-state index contributed by atoms with van der Waals surface area (Å²) < 4.78 is 23.8. The molecule has 2 aromatic rings. The average Bonchev–Trinajstić information content (AvgIpc) is 2.61.